The lowest BCUT2D eigenvalue weighted by molar-refractivity contribution is -0.139. The molecule has 0 heterocycles. The monoisotopic (exact) mass is 511 g/mol. The molecule has 0 aromatic heterocycles. The van der Waals surface area contributed by atoms with Crippen molar-refractivity contribution in [3.05, 3.63) is 96.3 Å². The quantitative estimate of drug-likeness (QED) is 0.446. The van der Waals surface area contributed by atoms with E-state index in [0.29, 0.717) is 0 Å². The van der Waals surface area contributed by atoms with Gasteiger partial charge in [0.05, 0.1) is 10.6 Å². The number of anilines is 1. The predicted octanol–water partition coefficient (Wildman–Crippen LogP) is 3.96. The minimum absolute atomic E-state index is 0.0117. The second-order valence-corrected chi connectivity index (χ2v) is 10.5. The van der Waals surface area contributed by atoms with Gasteiger partial charge in [-0.15, -0.1) is 0 Å². The Kier molecular flexibility index (Phi) is 8.82. The summed E-state index contributed by atoms with van der Waals surface area (Å²) in [7, 11) is -4.17. The first-order valence-electron chi connectivity index (χ1n) is 11.6. The Bertz CT molecular complexity index is 1270. The van der Waals surface area contributed by atoms with Crippen molar-refractivity contribution < 1.29 is 22.4 Å². The highest BCUT2D eigenvalue weighted by atomic mass is 32.2. The summed E-state index contributed by atoms with van der Waals surface area (Å²) < 4.78 is 41.7. The summed E-state index contributed by atoms with van der Waals surface area (Å²) in [6, 6.07) is 20.7. The highest BCUT2D eigenvalue weighted by Gasteiger charge is 2.32. The standard InChI is InChI=1S/C27H30FN3O4S/c1-20(2)29-27(33)21(3)30(18-22-10-6-4-7-11-22)26(32)19-31(24-16-14-23(28)15-17-24)36(34,35)25-12-8-5-9-13-25/h4-17,20-21H,18-19H2,1-3H3,(H,29,33). The van der Waals surface area contributed by atoms with E-state index in [0.717, 1.165) is 22.0 Å². The number of nitrogens with zero attached hydrogens (tertiary/aromatic N) is 2. The molecule has 7 nitrogen and oxygen atoms in total. The van der Waals surface area contributed by atoms with E-state index in [1.807, 2.05) is 44.2 Å². The van der Waals surface area contributed by atoms with Crippen molar-refractivity contribution in [2.45, 2.75) is 44.3 Å². The summed E-state index contributed by atoms with van der Waals surface area (Å²) in [6.07, 6.45) is 0. The number of hydrogen-bond acceptors (Lipinski definition) is 4. The zero-order valence-electron chi connectivity index (χ0n) is 20.5. The van der Waals surface area contributed by atoms with E-state index in [-0.39, 0.29) is 29.1 Å². The van der Waals surface area contributed by atoms with Crippen molar-refractivity contribution in [3.63, 3.8) is 0 Å². The van der Waals surface area contributed by atoms with Gasteiger partial charge < -0.3 is 10.2 Å². The largest absolute Gasteiger partial charge is 0.352 e. The molecule has 1 atom stereocenters. The molecule has 0 spiro atoms. The Balaban J connectivity index is 2.00. The van der Waals surface area contributed by atoms with Crippen LogP contribution in [-0.2, 0) is 26.2 Å². The molecule has 190 valence electrons. The van der Waals surface area contributed by atoms with E-state index >= 15 is 0 Å². The van der Waals surface area contributed by atoms with Gasteiger partial charge in [0.1, 0.15) is 18.4 Å². The van der Waals surface area contributed by atoms with E-state index in [1.165, 1.54) is 29.2 Å². The van der Waals surface area contributed by atoms with Gasteiger partial charge in [0.25, 0.3) is 10.0 Å². The van der Waals surface area contributed by atoms with Gasteiger partial charge in [-0.25, -0.2) is 12.8 Å². The zero-order chi connectivity index (χ0) is 26.3. The molecule has 3 aromatic rings. The molecule has 0 saturated carbocycles. The second kappa shape index (κ2) is 11.8. The summed E-state index contributed by atoms with van der Waals surface area (Å²) >= 11 is 0. The van der Waals surface area contributed by atoms with Crippen molar-refractivity contribution in [3.8, 4) is 0 Å². The van der Waals surface area contributed by atoms with E-state index in [4.69, 9.17) is 0 Å². The third kappa shape index (κ3) is 6.69. The maximum absolute atomic E-state index is 13.7. The fourth-order valence-corrected chi connectivity index (χ4v) is 5.06. The first-order chi connectivity index (χ1) is 17.1. The lowest BCUT2D eigenvalue weighted by Gasteiger charge is -2.32. The zero-order valence-corrected chi connectivity index (χ0v) is 21.3. The van der Waals surface area contributed by atoms with E-state index in [1.54, 1.807) is 25.1 Å². The Morgan fingerprint density at radius 1 is 0.861 bits per heavy atom. The van der Waals surface area contributed by atoms with Crippen LogP contribution in [0.5, 0.6) is 0 Å². The number of benzene rings is 3. The number of hydrogen-bond donors (Lipinski definition) is 1. The molecule has 0 aliphatic heterocycles. The minimum Gasteiger partial charge on any atom is -0.352 e. The molecule has 1 unspecified atom stereocenters. The smallest absolute Gasteiger partial charge is 0.264 e. The molecule has 2 amide bonds. The average Bonchev–Trinajstić information content (AvgIpc) is 2.86. The SMILES string of the molecule is CC(C)NC(=O)C(C)N(Cc1ccccc1)C(=O)CN(c1ccc(F)cc1)S(=O)(=O)c1ccccc1. The average molecular weight is 512 g/mol. The van der Waals surface area contributed by atoms with Crippen LogP contribution >= 0.6 is 0 Å². The molecule has 9 heteroatoms. The van der Waals surface area contributed by atoms with E-state index in [2.05, 4.69) is 5.32 Å². The highest BCUT2D eigenvalue weighted by Crippen LogP contribution is 2.24. The summed E-state index contributed by atoms with van der Waals surface area (Å²) in [4.78, 5) is 27.8. The third-order valence-electron chi connectivity index (χ3n) is 5.52. The maximum atomic E-state index is 13.7. The van der Waals surface area contributed by atoms with Gasteiger partial charge >= 0.3 is 0 Å². The van der Waals surface area contributed by atoms with Crippen molar-refractivity contribution in [2.75, 3.05) is 10.8 Å². The van der Waals surface area contributed by atoms with Crippen molar-refractivity contribution in [1.82, 2.24) is 10.2 Å². The molecule has 0 aliphatic rings. The molecule has 0 fully saturated rings. The molecule has 36 heavy (non-hydrogen) atoms. The van der Waals surface area contributed by atoms with E-state index in [9.17, 15) is 22.4 Å². The van der Waals surface area contributed by atoms with Crippen molar-refractivity contribution in [2.24, 2.45) is 0 Å². The molecule has 1 N–H and O–H groups in total. The van der Waals surface area contributed by atoms with Crippen LogP contribution in [0.3, 0.4) is 0 Å². The van der Waals surface area contributed by atoms with Crippen LogP contribution in [0, 0.1) is 5.82 Å². The molecule has 0 aliphatic carbocycles. The van der Waals surface area contributed by atoms with Gasteiger partial charge in [0.15, 0.2) is 0 Å². The number of rotatable bonds is 10. The normalized spacial score (nSPS) is 12.1. The Hall–Kier alpha value is -3.72. The molecular weight excluding hydrogens is 481 g/mol. The second-order valence-electron chi connectivity index (χ2n) is 8.65. The lowest BCUT2D eigenvalue weighted by atomic mass is 10.1. The minimum atomic E-state index is -4.17. The lowest BCUT2D eigenvalue weighted by Crippen LogP contribution is -2.52. The van der Waals surface area contributed by atoms with Crippen LogP contribution in [0.2, 0.25) is 0 Å². The third-order valence-corrected chi connectivity index (χ3v) is 7.31. The van der Waals surface area contributed by atoms with Gasteiger partial charge in [0, 0.05) is 12.6 Å². The fraction of sp³-hybridized carbons (Fsp3) is 0.259. The number of sulfonamides is 1. The first kappa shape index (κ1) is 26.9. The summed E-state index contributed by atoms with van der Waals surface area (Å²) in [5.41, 5.74) is 0.918. The van der Waals surface area contributed by atoms with E-state index < -0.39 is 34.3 Å². The molecule has 0 bridgehead atoms. The maximum Gasteiger partial charge on any atom is 0.264 e. The summed E-state index contributed by atoms with van der Waals surface area (Å²) in [5.74, 6) is -1.46. The van der Waals surface area contributed by atoms with Crippen LogP contribution < -0.4 is 9.62 Å². The van der Waals surface area contributed by atoms with Gasteiger partial charge in [-0.05, 0) is 62.7 Å². The van der Waals surface area contributed by atoms with Crippen LogP contribution in [0.1, 0.15) is 26.3 Å². The molecule has 0 radical (unpaired) electrons. The Morgan fingerprint density at radius 3 is 1.97 bits per heavy atom. The Labute approximate surface area is 211 Å². The summed E-state index contributed by atoms with van der Waals surface area (Å²) in [5, 5.41) is 2.80. The topological polar surface area (TPSA) is 86.8 Å². The Morgan fingerprint density at radius 2 is 1.42 bits per heavy atom. The molecule has 0 saturated heterocycles. The van der Waals surface area contributed by atoms with Gasteiger partial charge in [-0.1, -0.05) is 48.5 Å². The predicted molar refractivity (Wildman–Crippen MR) is 137 cm³/mol. The van der Waals surface area contributed by atoms with Crippen LogP contribution in [0.4, 0.5) is 10.1 Å². The molecule has 3 aromatic carbocycles. The first-order valence-corrected chi connectivity index (χ1v) is 13.0. The number of nitrogens with one attached hydrogen (secondary N) is 1. The molecule has 3 rings (SSSR count). The number of carbonyl (C=O) groups is 2. The van der Waals surface area contributed by atoms with Crippen LogP contribution in [0.25, 0.3) is 0 Å². The fourth-order valence-electron chi connectivity index (χ4n) is 3.62. The van der Waals surface area contributed by atoms with Gasteiger partial charge in [0.2, 0.25) is 11.8 Å². The highest BCUT2D eigenvalue weighted by molar-refractivity contribution is 7.92. The van der Waals surface area contributed by atoms with Crippen molar-refractivity contribution >= 4 is 27.5 Å². The van der Waals surface area contributed by atoms with Gasteiger partial charge in [-0.2, -0.15) is 0 Å². The number of halogens is 1. The van der Waals surface area contributed by atoms with Gasteiger partial charge in [-0.3, -0.25) is 13.9 Å². The van der Waals surface area contributed by atoms with Crippen LogP contribution in [0.15, 0.2) is 89.8 Å². The summed E-state index contributed by atoms with van der Waals surface area (Å²) in [6.45, 7) is 4.77. The molecular formula is C27H30FN3O4S. The van der Waals surface area contributed by atoms with Crippen LogP contribution in [-0.4, -0.2) is 43.8 Å². The number of carbonyl (C=O) groups excluding carboxylic acids is 2. The van der Waals surface area contributed by atoms with Crippen molar-refractivity contribution in [1.29, 1.82) is 0 Å². The number of amides is 2.